The number of ether oxygens (including phenoxy) is 3. The van der Waals surface area contributed by atoms with Crippen molar-refractivity contribution in [2.24, 2.45) is 17.8 Å². The number of fused-ring (bicyclic) bond motifs is 3. The average Bonchev–Trinajstić information content (AvgIpc) is 3.63. The van der Waals surface area contributed by atoms with E-state index in [4.69, 9.17) is 24.3 Å². The highest BCUT2D eigenvalue weighted by molar-refractivity contribution is 6.76. The SMILES string of the molecule is C[Si](C)(C)CCOCN(COCC[Si](C)(C)C)c1cc([C@H]2C[C@@H]3CC[C@@H](C3)C2)nc2c(-c3ccc(OCC4CC4)nc3)cnn12. The van der Waals surface area contributed by atoms with Crippen LogP contribution in [0.15, 0.2) is 30.6 Å². The molecule has 3 atom stereocenters. The third kappa shape index (κ3) is 8.96. The van der Waals surface area contributed by atoms with Crippen LogP contribution in [0.25, 0.3) is 16.8 Å². The topological polar surface area (TPSA) is 74.0 Å². The van der Waals surface area contributed by atoms with Crippen LogP contribution >= 0.6 is 0 Å². The molecule has 3 heterocycles. The molecule has 8 nitrogen and oxygen atoms in total. The first-order valence-corrected chi connectivity index (χ1v) is 24.8. The highest BCUT2D eigenvalue weighted by atomic mass is 28.3. The molecule has 10 heteroatoms. The molecular formula is C35H55N5O3Si2. The normalized spacial score (nSPS) is 21.9. The minimum absolute atomic E-state index is 0.468. The van der Waals surface area contributed by atoms with Crippen molar-refractivity contribution in [2.75, 3.05) is 38.2 Å². The number of pyridine rings is 1. The van der Waals surface area contributed by atoms with E-state index in [0.29, 0.717) is 31.2 Å². The summed E-state index contributed by atoms with van der Waals surface area (Å²) in [5, 5.41) is 4.93. The van der Waals surface area contributed by atoms with Crippen molar-refractivity contribution in [3.05, 3.63) is 36.3 Å². The highest BCUT2D eigenvalue weighted by Crippen LogP contribution is 2.48. The maximum Gasteiger partial charge on any atom is 0.213 e. The minimum atomic E-state index is -1.20. The van der Waals surface area contributed by atoms with Crippen LogP contribution < -0.4 is 9.64 Å². The molecule has 45 heavy (non-hydrogen) atoms. The summed E-state index contributed by atoms with van der Waals surface area (Å²) in [6.07, 6.45) is 13.0. The van der Waals surface area contributed by atoms with Gasteiger partial charge in [0.2, 0.25) is 5.88 Å². The molecule has 3 saturated carbocycles. The zero-order chi connectivity index (χ0) is 31.6. The van der Waals surface area contributed by atoms with Gasteiger partial charge in [-0.3, -0.25) is 0 Å². The van der Waals surface area contributed by atoms with Gasteiger partial charge in [-0.2, -0.15) is 9.61 Å². The lowest BCUT2D eigenvalue weighted by molar-refractivity contribution is 0.0942. The van der Waals surface area contributed by atoms with Crippen LogP contribution in [-0.2, 0) is 9.47 Å². The van der Waals surface area contributed by atoms with Crippen LogP contribution in [0.5, 0.6) is 5.88 Å². The van der Waals surface area contributed by atoms with Crippen molar-refractivity contribution in [1.29, 1.82) is 0 Å². The van der Waals surface area contributed by atoms with Crippen LogP contribution in [0.1, 0.15) is 56.6 Å². The molecule has 0 spiro atoms. The fourth-order valence-electron chi connectivity index (χ4n) is 6.74. The predicted octanol–water partition coefficient (Wildman–Crippen LogP) is 8.30. The summed E-state index contributed by atoms with van der Waals surface area (Å²) in [7, 11) is -2.40. The Labute approximate surface area is 272 Å². The molecule has 0 aliphatic heterocycles. The van der Waals surface area contributed by atoms with Gasteiger partial charge in [0.1, 0.15) is 19.3 Å². The van der Waals surface area contributed by atoms with Gasteiger partial charge in [-0.05, 0) is 68.0 Å². The van der Waals surface area contributed by atoms with Gasteiger partial charge in [-0.15, -0.1) is 0 Å². The van der Waals surface area contributed by atoms with E-state index in [1.165, 1.54) is 50.6 Å². The molecule has 3 aromatic heterocycles. The second kappa shape index (κ2) is 13.8. The first-order chi connectivity index (χ1) is 21.5. The third-order valence-electron chi connectivity index (χ3n) is 9.80. The van der Waals surface area contributed by atoms with Crippen LogP contribution in [0.2, 0.25) is 51.4 Å². The minimum Gasteiger partial charge on any atom is -0.477 e. The molecule has 3 aliphatic rings. The van der Waals surface area contributed by atoms with E-state index >= 15 is 0 Å². The molecule has 0 radical (unpaired) electrons. The lowest BCUT2D eigenvalue weighted by Crippen LogP contribution is -2.33. The van der Waals surface area contributed by atoms with Crippen molar-refractivity contribution in [3.63, 3.8) is 0 Å². The van der Waals surface area contributed by atoms with E-state index in [1.807, 2.05) is 23.0 Å². The van der Waals surface area contributed by atoms with E-state index in [-0.39, 0.29) is 0 Å². The molecule has 3 fully saturated rings. The lowest BCUT2D eigenvalue weighted by Gasteiger charge is -2.30. The second-order valence-electron chi connectivity index (χ2n) is 16.4. The Morgan fingerprint density at radius 2 is 1.51 bits per heavy atom. The van der Waals surface area contributed by atoms with Gasteiger partial charge in [0.05, 0.1) is 12.8 Å². The van der Waals surface area contributed by atoms with Crippen LogP contribution in [0, 0.1) is 17.8 Å². The summed E-state index contributed by atoms with van der Waals surface area (Å²) in [6, 6.07) is 8.64. The summed E-state index contributed by atoms with van der Waals surface area (Å²) in [5.74, 6) is 4.52. The Balaban J connectivity index is 1.32. The highest BCUT2D eigenvalue weighted by Gasteiger charge is 2.36. The zero-order valence-electron chi connectivity index (χ0n) is 28.6. The van der Waals surface area contributed by atoms with Crippen molar-refractivity contribution in [3.8, 4) is 17.0 Å². The zero-order valence-corrected chi connectivity index (χ0v) is 30.6. The van der Waals surface area contributed by atoms with E-state index < -0.39 is 16.1 Å². The molecule has 0 amide bonds. The summed E-state index contributed by atoms with van der Waals surface area (Å²) >= 11 is 0. The molecule has 0 aromatic carbocycles. The molecule has 3 aliphatic carbocycles. The average molecular weight is 650 g/mol. The molecule has 3 aromatic rings. The first-order valence-electron chi connectivity index (χ1n) is 17.4. The standard InChI is InChI=1S/C35H55N5O3Si2/c1-44(2,3)15-13-41-24-39(25-42-14-16-45(4,5)6)34-20-32(30-18-27-9-10-28(17-27)19-30)38-35-31(22-37-40(34)35)29-11-12-33(36-21-29)43-23-26-7-8-26/h11-12,20-22,26-28,30H,7-10,13-19,23-25H2,1-6H3/t27-,28+,30+. The van der Waals surface area contributed by atoms with E-state index in [9.17, 15) is 0 Å². The van der Waals surface area contributed by atoms with Crippen molar-refractivity contribution in [1.82, 2.24) is 19.6 Å². The molecule has 0 saturated heterocycles. The van der Waals surface area contributed by atoms with Crippen LogP contribution in [-0.4, -0.2) is 69.0 Å². The number of rotatable bonds is 16. The van der Waals surface area contributed by atoms with E-state index in [0.717, 1.165) is 66.3 Å². The Kier molecular flexibility index (Phi) is 10.0. The van der Waals surface area contributed by atoms with Gasteiger partial charge >= 0.3 is 0 Å². The third-order valence-corrected chi connectivity index (χ3v) is 13.2. The van der Waals surface area contributed by atoms with Crippen molar-refractivity contribution >= 4 is 27.6 Å². The second-order valence-corrected chi connectivity index (χ2v) is 27.7. The number of aromatic nitrogens is 4. The fraction of sp³-hybridized carbons (Fsp3) is 0.686. The molecular weight excluding hydrogens is 595 g/mol. The Morgan fingerprint density at radius 1 is 0.844 bits per heavy atom. The van der Waals surface area contributed by atoms with Gasteiger partial charge in [-0.25, -0.2) is 9.97 Å². The maximum atomic E-state index is 6.36. The van der Waals surface area contributed by atoms with Gasteiger partial charge in [0, 0.05) is 70.4 Å². The van der Waals surface area contributed by atoms with Crippen LogP contribution in [0.3, 0.4) is 0 Å². The maximum absolute atomic E-state index is 6.36. The number of hydrogen-bond acceptors (Lipinski definition) is 7. The van der Waals surface area contributed by atoms with Crippen molar-refractivity contribution < 1.29 is 14.2 Å². The van der Waals surface area contributed by atoms with Crippen molar-refractivity contribution in [2.45, 2.75) is 102 Å². The molecule has 2 bridgehead atoms. The fourth-order valence-corrected chi connectivity index (χ4v) is 8.25. The smallest absolute Gasteiger partial charge is 0.213 e. The quantitative estimate of drug-likeness (QED) is 0.0878. The molecule has 6 rings (SSSR count). The summed E-state index contributed by atoms with van der Waals surface area (Å²) in [4.78, 5) is 12.2. The number of nitrogens with zero attached hydrogens (tertiary/aromatic N) is 5. The molecule has 0 unspecified atom stereocenters. The van der Waals surface area contributed by atoms with Gasteiger partial charge < -0.3 is 19.1 Å². The first kappa shape index (κ1) is 32.7. The van der Waals surface area contributed by atoms with E-state index in [1.54, 1.807) is 0 Å². The largest absolute Gasteiger partial charge is 0.477 e. The number of hydrogen-bond donors (Lipinski definition) is 0. The molecule has 246 valence electrons. The summed E-state index contributed by atoms with van der Waals surface area (Å²) < 4.78 is 20.6. The monoisotopic (exact) mass is 649 g/mol. The van der Waals surface area contributed by atoms with Crippen LogP contribution in [0.4, 0.5) is 5.82 Å². The summed E-state index contributed by atoms with van der Waals surface area (Å²) in [6.45, 7) is 17.6. The Hall–Kier alpha value is -2.28. The molecule has 0 N–H and O–H groups in total. The van der Waals surface area contributed by atoms with Gasteiger partial charge in [0.15, 0.2) is 5.65 Å². The predicted molar refractivity (Wildman–Crippen MR) is 188 cm³/mol. The number of anilines is 1. The van der Waals surface area contributed by atoms with Gasteiger partial charge in [0.25, 0.3) is 0 Å². The Bertz CT molecular complexity index is 1380. The van der Waals surface area contributed by atoms with E-state index in [2.05, 4.69) is 61.3 Å². The lowest BCUT2D eigenvalue weighted by atomic mass is 9.79. The van der Waals surface area contributed by atoms with Gasteiger partial charge in [-0.1, -0.05) is 52.1 Å². The Morgan fingerprint density at radius 3 is 2.09 bits per heavy atom. The summed E-state index contributed by atoms with van der Waals surface area (Å²) in [5.41, 5.74) is 4.07.